The van der Waals surface area contributed by atoms with Crippen molar-refractivity contribution in [1.82, 2.24) is 10.3 Å². The van der Waals surface area contributed by atoms with Crippen molar-refractivity contribution in [1.29, 1.82) is 0 Å². The summed E-state index contributed by atoms with van der Waals surface area (Å²) in [6.45, 7) is 1.14. The van der Waals surface area contributed by atoms with Crippen LogP contribution in [0.2, 0.25) is 0 Å². The summed E-state index contributed by atoms with van der Waals surface area (Å²) in [6.07, 6.45) is 10.3. The molecule has 0 spiro atoms. The van der Waals surface area contributed by atoms with Gasteiger partial charge in [-0.25, -0.2) is 13.4 Å². The molecular formula is C22H34N4O4S2. The largest absolute Gasteiger partial charge is 0.369 e. The number of amides is 2. The van der Waals surface area contributed by atoms with Crippen molar-refractivity contribution >= 4 is 38.0 Å². The molecule has 10 heteroatoms. The molecule has 1 saturated heterocycles. The molecule has 4 rings (SSSR count). The highest BCUT2D eigenvalue weighted by Crippen LogP contribution is 2.42. The molecule has 3 fully saturated rings. The Morgan fingerprint density at radius 3 is 2.41 bits per heavy atom. The number of nitrogens with zero attached hydrogens (tertiary/aromatic N) is 2. The first kappa shape index (κ1) is 23.6. The average molecular weight is 483 g/mol. The van der Waals surface area contributed by atoms with Crippen molar-refractivity contribution < 1.29 is 18.0 Å². The van der Waals surface area contributed by atoms with Crippen LogP contribution in [-0.2, 0) is 19.4 Å². The van der Waals surface area contributed by atoms with E-state index in [-0.39, 0.29) is 17.5 Å². The van der Waals surface area contributed by atoms with E-state index in [4.69, 9.17) is 5.73 Å². The number of carbonyl (C=O) groups excluding carboxylic acids is 2. The van der Waals surface area contributed by atoms with Crippen LogP contribution in [0.4, 0.5) is 5.00 Å². The maximum atomic E-state index is 13.6. The zero-order chi connectivity index (χ0) is 22.7. The predicted octanol–water partition coefficient (Wildman–Crippen LogP) is 2.73. The lowest BCUT2D eigenvalue weighted by Gasteiger charge is -2.27. The summed E-state index contributed by atoms with van der Waals surface area (Å²) in [7, 11) is -3.70. The molecule has 1 aromatic heterocycles. The lowest BCUT2D eigenvalue weighted by atomic mass is 9.83. The van der Waals surface area contributed by atoms with Crippen molar-refractivity contribution in [2.45, 2.75) is 86.8 Å². The fourth-order valence-corrected chi connectivity index (χ4v) is 8.77. The third-order valence-electron chi connectivity index (χ3n) is 7.13. The molecule has 0 aromatic carbocycles. The van der Waals surface area contributed by atoms with Gasteiger partial charge in [0.05, 0.1) is 17.7 Å². The average Bonchev–Trinajstić information content (AvgIpc) is 3.24. The van der Waals surface area contributed by atoms with Crippen molar-refractivity contribution in [2.24, 2.45) is 11.7 Å². The van der Waals surface area contributed by atoms with E-state index < -0.39 is 26.9 Å². The van der Waals surface area contributed by atoms with E-state index in [0.29, 0.717) is 48.3 Å². The molecule has 2 aliphatic carbocycles. The first-order valence-electron chi connectivity index (χ1n) is 11.9. The van der Waals surface area contributed by atoms with Gasteiger partial charge in [0.1, 0.15) is 10.0 Å². The summed E-state index contributed by atoms with van der Waals surface area (Å²) in [4.78, 5) is 31.2. The van der Waals surface area contributed by atoms with Crippen LogP contribution in [0.25, 0.3) is 0 Å². The van der Waals surface area contributed by atoms with Gasteiger partial charge in [0.2, 0.25) is 21.7 Å². The normalized spacial score (nSPS) is 22.8. The van der Waals surface area contributed by atoms with Crippen LogP contribution in [0.5, 0.6) is 0 Å². The zero-order valence-corrected chi connectivity index (χ0v) is 20.2. The number of piperazine rings is 1. The third kappa shape index (κ3) is 5.02. The van der Waals surface area contributed by atoms with Gasteiger partial charge in [-0.3, -0.25) is 14.5 Å². The number of nitrogens with one attached hydrogen (secondary N) is 1. The molecular weight excluding hydrogens is 448 g/mol. The second-order valence-corrected chi connectivity index (χ2v) is 12.5. The molecule has 178 valence electrons. The van der Waals surface area contributed by atoms with Crippen LogP contribution in [0.15, 0.2) is 5.03 Å². The number of nitrogens with two attached hydrogens (primary N) is 1. The third-order valence-corrected chi connectivity index (χ3v) is 10.6. The van der Waals surface area contributed by atoms with E-state index in [1.165, 1.54) is 22.7 Å². The molecule has 32 heavy (non-hydrogen) atoms. The minimum Gasteiger partial charge on any atom is -0.369 e. The van der Waals surface area contributed by atoms with Crippen molar-refractivity contribution in [3.05, 3.63) is 5.01 Å². The second-order valence-electron chi connectivity index (χ2n) is 9.38. The van der Waals surface area contributed by atoms with Crippen molar-refractivity contribution in [3.8, 4) is 0 Å². The van der Waals surface area contributed by atoms with E-state index in [1.807, 2.05) is 0 Å². The van der Waals surface area contributed by atoms with E-state index in [2.05, 4.69) is 10.3 Å². The highest BCUT2D eigenvalue weighted by Gasteiger charge is 2.39. The second kappa shape index (κ2) is 10.2. The fourth-order valence-electron chi connectivity index (χ4n) is 5.27. The Morgan fingerprint density at radius 1 is 1.12 bits per heavy atom. The number of sulfone groups is 1. The number of rotatable bonds is 7. The Balaban J connectivity index is 1.72. The smallest absolute Gasteiger partial charge is 0.241 e. The number of carbonyl (C=O) groups is 2. The van der Waals surface area contributed by atoms with Gasteiger partial charge < -0.3 is 11.1 Å². The van der Waals surface area contributed by atoms with Crippen molar-refractivity contribution in [2.75, 3.05) is 24.5 Å². The van der Waals surface area contributed by atoms with Gasteiger partial charge in [-0.2, -0.15) is 0 Å². The molecule has 3 N–H and O–H groups in total. The molecule has 2 saturated carbocycles. The number of hydrogen-bond acceptors (Lipinski definition) is 7. The Bertz CT molecular complexity index is 934. The molecule has 2 amide bonds. The van der Waals surface area contributed by atoms with Gasteiger partial charge in [-0.15, -0.1) is 0 Å². The van der Waals surface area contributed by atoms with Crippen LogP contribution >= 0.6 is 11.3 Å². The van der Waals surface area contributed by atoms with Crippen LogP contribution in [0.1, 0.15) is 81.6 Å². The Morgan fingerprint density at radius 2 is 1.78 bits per heavy atom. The standard InChI is InChI=1S/C22H34N4O4S2/c23-19(28)17(13-15-7-3-1-4-8-15)20-25-21(32(29,30)16-9-5-2-6-10-16)22(31-20)26-12-11-24-14-18(26)27/h15-17,24H,1-14H2,(H2,23,28). The molecule has 1 unspecified atom stereocenters. The molecule has 1 aliphatic heterocycles. The first-order chi connectivity index (χ1) is 15.4. The fraction of sp³-hybridized carbons (Fsp3) is 0.773. The van der Waals surface area contributed by atoms with Crippen LogP contribution in [0, 0.1) is 5.92 Å². The quantitative estimate of drug-likeness (QED) is 0.616. The van der Waals surface area contributed by atoms with Gasteiger partial charge in [-0.1, -0.05) is 62.7 Å². The number of aromatic nitrogens is 1. The summed E-state index contributed by atoms with van der Waals surface area (Å²) >= 11 is 1.17. The molecule has 0 radical (unpaired) electrons. The number of hydrogen-bond donors (Lipinski definition) is 2. The van der Waals surface area contributed by atoms with Gasteiger partial charge in [-0.05, 0) is 25.2 Å². The van der Waals surface area contributed by atoms with Crippen LogP contribution < -0.4 is 16.0 Å². The van der Waals surface area contributed by atoms with Crippen LogP contribution in [-0.4, -0.2) is 50.1 Å². The Kier molecular flexibility index (Phi) is 7.51. The van der Waals surface area contributed by atoms with E-state index in [0.717, 1.165) is 44.9 Å². The molecule has 2 heterocycles. The first-order valence-corrected chi connectivity index (χ1v) is 14.3. The Labute approximate surface area is 194 Å². The van der Waals surface area contributed by atoms with Gasteiger partial charge in [0, 0.05) is 13.1 Å². The minimum atomic E-state index is -3.70. The molecule has 1 atom stereocenters. The summed E-state index contributed by atoms with van der Waals surface area (Å²) in [6, 6.07) is 0. The highest BCUT2D eigenvalue weighted by molar-refractivity contribution is 7.92. The lowest BCUT2D eigenvalue weighted by Crippen LogP contribution is -2.48. The topological polar surface area (TPSA) is 122 Å². The lowest BCUT2D eigenvalue weighted by molar-refractivity contribution is -0.120. The zero-order valence-electron chi connectivity index (χ0n) is 18.6. The monoisotopic (exact) mass is 482 g/mol. The summed E-state index contributed by atoms with van der Waals surface area (Å²) < 4.78 is 27.3. The van der Waals surface area contributed by atoms with Crippen LogP contribution in [0.3, 0.4) is 0 Å². The SMILES string of the molecule is NC(=O)C(CC1CCCCC1)c1nc(S(=O)(=O)C2CCCCC2)c(N2CCNCC2=O)s1. The summed E-state index contributed by atoms with van der Waals surface area (Å²) in [5.74, 6) is -0.860. The summed E-state index contributed by atoms with van der Waals surface area (Å²) in [5.41, 5.74) is 5.79. The highest BCUT2D eigenvalue weighted by atomic mass is 32.2. The number of thiazole rings is 1. The molecule has 3 aliphatic rings. The minimum absolute atomic E-state index is 0.0189. The molecule has 0 bridgehead atoms. The van der Waals surface area contributed by atoms with Gasteiger partial charge in [0.15, 0.2) is 5.03 Å². The summed E-state index contributed by atoms with van der Waals surface area (Å²) in [5, 5.41) is 3.34. The number of primary amides is 1. The maximum Gasteiger partial charge on any atom is 0.241 e. The maximum absolute atomic E-state index is 13.6. The van der Waals surface area contributed by atoms with E-state index >= 15 is 0 Å². The van der Waals surface area contributed by atoms with Gasteiger partial charge in [0.25, 0.3) is 0 Å². The predicted molar refractivity (Wildman–Crippen MR) is 125 cm³/mol. The molecule has 8 nitrogen and oxygen atoms in total. The van der Waals surface area contributed by atoms with Gasteiger partial charge >= 0.3 is 0 Å². The van der Waals surface area contributed by atoms with E-state index in [9.17, 15) is 18.0 Å². The molecule has 1 aromatic rings. The van der Waals surface area contributed by atoms with Crippen molar-refractivity contribution in [3.63, 3.8) is 0 Å². The number of anilines is 1. The van der Waals surface area contributed by atoms with E-state index in [1.54, 1.807) is 0 Å². The Hall–Kier alpha value is -1.52.